The van der Waals surface area contributed by atoms with E-state index in [4.69, 9.17) is 27.9 Å². The first kappa shape index (κ1) is 15.4. The Morgan fingerprint density at radius 1 is 1.45 bits per heavy atom. The first-order chi connectivity index (χ1) is 10.5. The van der Waals surface area contributed by atoms with E-state index in [1.165, 1.54) is 0 Å². The molecular formula is C15H15Cl2FN2O2. The number of fused-ring (bicyclic) bond motifs is 3. The molecule has 0 saturated heterocycles. The first-order valence-corrected chi connectivity index (χ1v) is 7.79. The van der Waals surface area contributed by atoms with Crippen molar-refractivity contribution in [3.63, 3.8) is 0 Å². The van der Waals surface area contributed by atoms with Crippen LogP contribution < -0.4 is 10.1 Å². The van der Waals surface area contributed by atoms with E-state index in [1.54, 1.807) is 6.07 Å². The molecule has 1 unspecified atom stereocenters. The topological polar surface area (TPSA) is 54.1 Å². The monoisotopic (exact) mass is 344 g/mol. The molecule has 2 N–H and O–H groups in total. The van der Waals surface area contributed by atoms with Gasteiger partial charge in [0.25, 0.3) is 0 Å². The molecule has 0 fully saturated rings. The van der Waals surface area contributed by atoms with Crippen molar-refractivity contribution in [1.82, 2.24) is 10.3 Å². The van der Waals surface area contributed by atoms with Gasteiger partial charge in [0.1, 0.15) is 19.0 Å². The second-order valence-corrected chi connectivity index (χ2v) is 6.02. The summed E-state index contributed by atoms with van der Waals surface area (Å²) in [4.78, 5) is 15.4. The summed E-state index contributed by atoms with van der Waals surface area (Å²) >= 11 is 12.4. The predicted molar refractivity (Wildman–Crippen MR) is 84.9 cm³/mol. The molecule has 0 bridgehead atoms. The third-order valence-corrected chi connectivity index (χ3v) is 4.68. The second-order valence-electron chi connectivity index (χ2n) is 5.24. The largest absolute Gasteiger partial charge is 0.490 e. The van der Waals surface area contributed by atoms with Crippen LogP contribution in [0.2, 0.25) is 10.0 Å². The molecule has 4 nitrogen and oxygen atoms in total. The molecule has 1 atom stereocenters. The van der Waals surface area contributed by atoms with E-state index in [0.717, 1.165) is 11.3 Å². The Kier molecular flexibility index (Phi) is 4.19. The lowest BCUT2D eigenvalue weighted by Crippen LogP contribution is -2.26. The SMILES string of the molecule is CC1C(=O)NCCc2[nH]c3c(Cl)c(Cl)cc(OCCF)c3c21. The van der Waals surface area contributed by atoms with Gasteiger partial charge in [-0.3, -0.25) is 4.79 Å². The maximum Gasteiger partial charge on any atom is 0.227 e. The highest BCUT2D eigenvalue weighted by Gasteiger charge is 2.29. The van der Waals surface area contributed by atoms with Gasteiger partial charge in [0.15, 0.2) is 0 Å². The molecule has 1 aliphatic heterocycles. The van der Waals surface area contributed by atoms with E-state index in [0.29, 0.717) is 39.7 Å². The van der Waals surface area contributed by atoms with Gasteiger partial charge < -0.3 is 15.0 Å². The van der Waals surface area contributed by atoms with Gasteiger partial charge in [-0.15, -0.1) is 0 Å². The van der Waals surface area contributed by atoms with E-state index >= 15 is 0 Å². The van der Waals surface area contributed by atoms with Gasteiger partial charge in [-0.05, 0) is 12.5 Å². The number of rotatable bonds is 3. The molecule has 0 spiro atoms. The number of halogens is 3. The average molecular weight is 345 g/mol. The minimum absolute atomic E-state index is 0.0536. The van der Waals surface area contributed by atoms with Crippen LogP contribution in [0.3, 0.4) is 0 Å². The number of carbonyl (C=O) groups excluding carboxylic acids is 1. The first-order valence-electron chi connectivity index (χ1n) is 7.03. The third kappa shape index (κ3) is 2.42. The molecule has 1 aromatic carbocycles. The summed E-state index contributed by atoms with van der Waals surface area (Å²) in [6, 6.07) is 1.57. The molecule has 0 saturated carbocycles. The van der Waals surface area contributed by atoms with Crippen LogP contribution in [0, 0.1) is 0 Å². The summed E-state index contributed by atoms with van der Waals surface area (Å²) in [5.41, 5.74) is 2.40. The number of hydrogen-bond donors (Lipinski definition) is 2. The van der Waals surface area contributed by atoms with Gasteiger partial charge >= 0.3 is 0 Å². The minimum Gasteiger partial charge on any atom is -0.490 e. The molecule has 3 rings (SSSR count). The Morgan fingerprint density at radius 2 is 2.23 bits per heavy atom. The number of aromatic amines is 1. The Balaban J connectivity index is 2.29. The molecule has 7 heteroatoms. The van der Waals surface area contributed by atoms with Gasteiger partial charge in [0.05, 0.1) is 21.5 Å². The van der Waals surface area contributed by atoms with Gasteiger partial charge in [-0.2, -0.15) is 0 Å². The third-order valence-electron chi connectivity index (χ3n) is 3.89. The molecule has 22 heavy (non-hydrogen) atoms. The number of carbonyl (C=O) groups is 1. The number of ether oxygens (including phenoxy) is 1. The standard InChI is InChI=1S/C15H15Cl2FN2O2/c1-7-11-9(2-4-19-15(7)21)20-14-12(11)10(22-5-3-18)6-8(16)13(14)17/h6-7,20H,2-5H2,1H3,(H,19,21). The van der Waals surface area contributed by atoms with Crippen molar-refractivity contribution in [1.29, 1.82) is 0 Å². The van der Waals surface area contributed by atoms with Crippen LogP contribution in [0.15, 0.2) is 6.07 Å². The van der Waals surface area contributed by atoms with Gasteiger partial charge in [0.2, 0.25) is 5.91 Å². The van der Waals surface area contributed by atoms with Crippen molar-refractivity contribution in [2.45, 2.75) is 19.3 Å². The number of amides is 1. The number of alkyl halides is 1. The number of nitrogens with one attached hydrogen (secondary N) is 2. The quantitative estimate of drug-likeness (QED) is 0.893. The minimum atomic E-state index is -0.607. The Bertz CT molecular complexity index is 745. The number of H-pyrrole nitrogens is 1. The fourth-order valence-electron chi connectivity index (χ4n) is 2.89. The predicted octanol–water partition coefficient (Wildman–Crippen LogP) is 3.60. The van der Waals surface area contributed by atoms with Crippen molar-refractivity contribution in [3.05, 3.63) is 27.4 Å². The molecule has 1 amide bonds. The Labute approximate surface area is 136 Å². The number of hydrogen-bond acceptors (Lipinski definition) is 2. The average Bonchev–Trinajstić information content (AvgIpc) is 2.82. The van der Waals surface area contributed by atoms with Crippen molar-refractivity contribution in [3.8, 4) is 5.75 Å². The number of benzene rings is 1. The number of aromatic nitrogens is 1. The zero-order valence-corrected chi connectivity index (χ0v) is 13.4. The maximum atomic E-state index is 12.5. The van der Waals surface area contributed by atoms with Crippen molar-refractivity contribution in [2.75, 3.05) is 19.8 Å². The Hall–Kier alpha value is -1.46. The van der Waals surface area contributed by atoms with Crippen LogP contribution >= 0.6 is 23.2 Å². The molecule has 0 aliphatic carbocycles. The van der Waals surface area contributed by atoms with Gasteiger partial charge in [-0.1, -0.05) is 23.2 Å². The van der Waals surface area contributed by atoms with Gasteiger partial charge in [-0.25, -0.2) is 4.39 Å². The smallest absolute Gasteiger partial charge is 0.227 e. The summed E-state index contributed by atoms with van der Waals surface area (Å²) in [6.07, 6.45) is 0.663. The zero-order valence-electron chi connectivity index (χ0n) is 11.9. The molecule has 0 radical (unpaired) electrons. The summed E-state index contributed by atoms with van der Waals surface area (Å²) in [5, 5.41) is 4.28. The van der Waals surface area contributed by atoms with E-state index in [9.17, 15) is 9.18 Å². The molecule has 1 aliphatic rings. The zero-order chi connectivity index (χ0) is 15.9. The van der Waals surface area contributed by atoms with Crippen molar-refractivity contribution < 1.29 is 13.9 Å². The second kappa shape index (κ2) is 5.97. The summed E-state index contributed by atoms with van der Waals surface area (Å²) in [5.74, 6) is 0.0412. The molecule has 2 aromatic rings. The lowest BCUT2D eigenvalue weighted by atomic mass is 9.96. The highest BCUT2D eigenvalue weighted by Crippen LogP contribution is 2.43. The van der Waals surface area contributed by atoms with E-state index in [2.05, 4.69) is 10.3 Å². The summed E-state index contributed by atoms with van der Waals surface area (Å²) in [7, 11) is 0. The molecule has 2 heterocycles. The van der Waals surface area contributed by atoms with Crippen molar-refractivity contribution >= 4 is 40.0 Å². The highest BCUT2D eigenvalue weighted by molar-refractivity contribution is 6.45. The molecular weight excluding hydrogens is 330 g/mol. The van der Waals surface area contributed by atoms with Crippen molar-refractivity contribution in [2.24, 2.45) is 0 Å². The fraction of sp³-hybridized carbons (Fsp3) is 0.400. The lowest BCUT2D eigenvalue weighted by Gasteiger charge is -2.13. The van der Waals surface area contributed by atoms with Crippen LogP contribution in [-0.2, 0) is 11.2 Å². The van der Waals surface area contributed by atoms with E-state index < -0.39 is 6.67 Å². The van der Waals surface area contributed by atoms with Crippen LogP contribution in [0.5, 0.6) is 5.75 Å². The van der Waals surface area contributed by atoms with Crippen LogP contribution in [-0.4, -0.2) is 30.7 Å². The van der Waals surface area contributed by atoms with Crippen LogP contribution in [0.4, 0.5) is 4.39 Å². The van der Waals surface area contributed by atoms with E-state index in [1.807, 2.05) is 6.92 Å². The molecule has 1 aromatic heterocycles. The summed E-state index contributed by atoms with van der Waals surface area (Å²) in [6.45, 7) is 1.70. The normalized spacial score (nSPS) is 18.0. The lowest BCUT2D eigenvalue weighted by molar-refractivity contribution is -0.121. The fourth-order valence-corrected chi connectivity index (χ4v) is 3.28. The van der Waals surface area contributed by atoms with E-state index in [-0.39, 0.29) is 18.4 Å². The van der Waals surface area contributed by atoms with Gasteiger partial charge in [0, 0.05) is 30.1 Å². The van der Waals surface area contributed by atoms with Crippen LogP contribution in [0.25, 0.3) is 10.9 Å². The Morgan fingerprint density at radius 3 is 2.95 bits per heavy atom. The van der Waals surface area contributed by atoms with Crippen LogP contribution in [0.1, 0.15) is 24.1 Å². The highest BCUT2D eigenvalue weighted by atomic mass is 35.5. The summed E-state index contributed by atoms with van der Waals surface area (Å²) < 4.78 is 18.0. The maximum absolute atomic E-state index is 12.5. The molecule has 118 valence electrons.